The molecule has 0 aliphatic heterocycles. The molecular weight excluding hydrogens is 344 g/mol. The van der Waals surface area contributed by atoms with Crippen LogP contribution in [0.4, 0.5) is 0 Å². The molecule has 0 spiro atoms. The molecule has 0 saturated heterocycles. The van der Waals surface area contributed by atoms with E-state index in [-0.39, 0.29) is 0 Å². The smallest absolute Gasteiger partial charge is 0.0349 e. The fourth-order valence-electron chi connectivity index (χ4n) is 4.21. The van der Waals surface area contributed by atoms with Crippen LogP contribution in [0.3, 0.4) is 0 Å². The second-order valence-electron chi connectivity index (χ2n) is 7.36. The molecule has 1 aromatic heterocycles. The molecule has 3 aromatic carbocycles. The molecule has 0 unspecified atom stereocenters. The van der Waals surface area contributed by atoms with Crippen molar-refractivity contribution in [3.63, 3.8) is 0 Å². The first-order valence-electron chi connectivity index (χ1n) is 9.61. The minimum absolute atomic E-state index is 1.15. The van der Waals surface area contributed by atoms with Gasteiger partial charge >= 0.3 is 0 Å². The van der Waals surface area contributed by atoms with Gasteiger partial charge in [-0.15, -0.1) is 11.3 Å². The Morgan fingerprint density at radius 2 is 1.41 bits per heavy atom. The Kier molecular flexibility index (Phi) is 3.98. The molecule has 0 atom stereocenters. The summed E-state index contributed by atoms with van der Waals surface area (Å²) in [6, 6.07) is 20.3. The summed E-state index contributed by atoms with van der Waals surface area (Å²) < 4.78 is 0. The lowest BCUT2D eigenvalue weighted by atomic mass is 9.92. The summed E-state index contributed by atoms with van der Waals surface area (Å²) in [5.41, 5.74) is 5.44. The first-order valence-corrected chi connectivity index (χ1v) is 10.4. The number of allylic oxidation sites excluding steroid dienone is 4. The number of hydrogen-bond acceptors (Lipinski definition) is 1. The Morgan fingerprint density at radius 3 is 2.15 bits per heavy atom. The highest BCUT2D eigenvalue weighted by atomic mass is 32.1. The third kappa shape index (κ3) is 2.74. The van der Waals surface area contributed by atoms with E-state index in [0.717, 1.165) is 6.42 Å². The lowest BCUT2D eigenvalue weighted by molar-refractivity contribution is 1.04. The predicted molar refractivity (Wildman–Crippen MR) is 121 cm³/mol. The van der Waals surface area contributed by atoms with Crippen LogP contribution in [0.5, 0.6) is 0 Å². The first-order chi connectivity index (χ1) is 13.2. The molecule has 1 aliphatic rings. The average Bonchev–Trinajstić information content (AvgIpc) is 3.23. The number of rotatable bonds is 2. The van der Waals surface area contributed by atoms with Crippen molar-refractivity contribution in [2.24, 2.45) is 0 Å². The van der Waals surface area contributed by atoms with Crippen LogP contribution < -0.4 is 0 Å². The molecule has 0 fully saturated rings. The van der Waals surface area contributed by atoms with Gasteiger partial charge in [0.2, 0.25) is 0 Å². The van der Waals surface area contributed by atoms with Crippen LogP contribution in [0.25, 0.3) is 37.6 Å². The van der Waals surface area contributed by atoms with Crippen LogP contribution in [-0.4, -0.2) is 0 Å². The van der Waals surface area contributed by atoms with E-state index in [9.17, 15) is 0 Å². The number of hydrogen-bond donors (Lipinski definition) is 0. The molecule has 0 radical (unpaired) electrons. The Balaban J connectivity index is 1.66. The number of fused-ring (bicyclic) bond motifs is 2. The van der Waals surface area contributed by atoms with Crippen LogP contribution in [0.15, 0.2) is 72.8 Å². The van der Waals surface area contributed by atoms with E-state index < -0.39 is 0 Å². The van der Waals surface area contributed by atoms with Crippen LogP contribution >= 0.6 is 11.3 Å². The average molecular weight is 367 g/mol. The van der Waals surface area contributed by atoms with Crippen LogP contribution in [0.1, 0.15) is 28.8 Å². The van der Waals surface area contributed by atoms with E-state index in [1.807, 2.05) is 11.3 Å². The Morgan fingerprint density at radius 1 is 0.704 bits per heavy atom. The fourth-order valence-corrected chi connectivity index (χ4v) is 5.23. The summed E-state index contributed by atoms with van der Waals surface area (Å²) in [6.07, 6.45) is 9.22. The van der Waals surface area contributed by atoms with Crippen molar-refractivity contribution >= 4 is 38.5 Å². The third-order valence-corrected chi connectivity index (χ3v) is 6.92. The zero-order valence-electron chi connectivity index (χ0n) is 15.8. The van der Waals surface area contributed by atoms with Gasteiger partial charge in [0.05, 0.1) is 0 Å². The van der Waals surface area contributed by atoms with Gasteiger partial charge in [-0.3, -0.25) is 0 Å². The summed E-state index contributed by atoms with van der Waals surface area (Å²) >= 11 is 1.90. The molecule has 0 bridgehead atoms. The van der Waals surface area contributed by atoms with Crippen LogP contribution in [-0.2, 0) is 0 Å². The standard InChI is InChI=1S/C26H22S/c1-17-21-10-6-7-11-22(21)18(2)24-16-20(12-13-23(17)24)26-15-14-25(27-26)19-8-4-3-5-9-19/h4,6-16H,3,5H2,1-2H3. The van der Waals surface area contributed by atoms with E-state index in [1.165, 1.54) is 60.0 Å². The number of thiophene rings is 1. The van der Waals surface area contributed by atoms with Gasteiger partial charge in [0.1, 0.15) is 0 Å². The lowest BCUT2D eigenvalue weighted by Crippen LogP contribution is -1.88. The van der Waals surface area contributed by atoms with Crippen molar-refractivity contribution in [3.05, 3.63) is 88.8 Å². The molecule has 1 aliphatic carbocycles. The summed E-state index contributed by atoms with van der Waals surface area (Å²) in [5.74, 6) is 0. The third-order valence-electron chi connectivity index (χ3n) is 5.73. The van der Waals surface area contributed by atoms with Crippen LogP contribution in [0.2, 0.25) is 0 Å². The highest BCUT2D eigenvalue weighted by molar-refractivity contribution is 7.16. The highest BCUT2D eigenvalue weighted by Gasteiger charge is 2.11. The van der Waals surface area contributed by atoms with E-state index in [4.69, 9.17) is 0 Å². The largest absolute Gasteiger partial charge is 0.135 e. The summed E-state index contributed by atoms with van der Waals surface area (Å²) in [4.78, 5) is 2.71. The maximum atomic E-state index is 2.38. The first kappa shape index (κ1) is 16.5. The van der Waals surface area contributed by atoms with Crippen molar-refractivity contribution < 1.29 is 0 Å². The van der Waals surface area contributed by atoms with Gasteiger partial charge in [0.15, 0.2) is 0 Å². The van der Waals surface area contributed by atoms with Gasteiger partial charge in [-0.2, -0.15) is 0 Å². The quantitative estimate of drug-likeness (QED) is 0.315. The molecule has 132 valence electrons. The minimum Gasteiger partial charge on any atom is -0.135 e. The van der Waals surface area contributed by atoms with E-state index in [1.54, 1.807) is 0 Å². The van der Waals surface area contributed by atoms with Crippen LogP contribution in [0, 0.1) is 13.8 Å². The Bertz CT molecular complexity index is 1230. The molecule has 27 heavy (non-hydrogen) atoms. The van der Waals surface area contributed by atoms with E-state index in [0.29, 0.717) is 0 Å². The van der Waals surface area contributed by atoms with Gasteiger partial charge < -0.3 is 0 Å². The van der Waals surface area contributed by atoms with Gasteiger partial charge in [0.25, 0.3) is 0 Å². The van der Waals surface area contributed by atoms with Crippen molar-refractivity contribution in [2.75, 3.05) is 0 Å². The summed E-state index contributed by atoms with van der Waals surface area (Å²) in [5, 5.41) is 5.47. The van der Waals surface area contributed by atoms with Crippen molar-refractivity contribution in [1.29, 1.82) is 0 Å². The maximum Gasteiger partial charge on any atom is 0.0349 e. The Labute approximate surface area is 164 Å². The van der Waals surface area contributed by atoms with Gasteiger partial charge in [0, 0.05) is 9.75 Å². The minimum atomic E-state index is 1.15. The maximum absolute atomic E-state index is 2.38. The summed E-state index contributed by atoms with van der Waals surface area (Å²) in [6.45, 7) is 4.50. The van der Waals surface area contributed by atoms with Gasteiger partial charge in [-0.1, -0.05) is 54.6 Å². The number of aryl methyl sites for hydroxylation is 2. The van der Waals surface area contributed by atoms with Gasteiger partial charge in [-0.25, -0.2) is 0 Å². The molecule has 0 saturated carbocycles. The SMILES string of the molecule is Cc1c2ccccc2c(C)c2cc(-c3ccc(C4=CCCC=C4)s3)ccc12. The molecule has 0 nitrogen and oxygen atoms in total. The molecule has 1 heteroatoms. The molecular formula is C26H22S. The lowest BCUT2D eigenvalue weighted by Gasteiger charge is -2.13. The molecule has 0 amide bonds. The van der Waals surface area contributed by atoms with Gasteiger partial charge in [-0.05, 0) is 88.7 Å². The fraction of sp³-hybridized carbons (Fsp3) is 0.154. The van der Waals surface area contributed by atoms with E-state index in [2.05, 4.69) is 86.7 Å². The van der Waals surface area contributed by atoms with E-state index >= 15 is 0 Å². The van der Waals surface area contributed by atoms with Crippen molar-refractivity contribution in [3.8, 4) is 10.4 Å². The number of benzene rings is 3. The van der Waals surface area contributed by atoms with Crippen molar-refractivity contribution in [2.45, 2.75) is 26.7 Å². The molecule has 4 aromatic rings. The Hall–Kier alpha value is -2.64. The second kappa shape index (κ2) is 6.51. The molecule has 1 heterocycles. The predicted octanol–water partition coefficient (Wildman–Crippen LogP) is 8.07. The zero-order valence-corrected chi connectivity index (χ0v) is 16.6. The normalized spacial score (nSPS) is 14.1. The second-order valence-corrected chi connectivity index (χ2v) is 8.44. The van der Waals surface area contributed by atoms with Crippen molar-refractivity contribution in [1.82, 2.24) is 0 Å². The molecule has 0 N–H and O–H groups in total. The topological polar surface area (TPSA) is 0 Å². The summed E-state index contributed by atoms with van der Waals surface area (Å²) in [7, 11) is 0. The monoisotopic (exact) mass is 366 g/mol. The zero-order chi connectivity index (χ0) is 18.4. The molecule has 5 rings (SSSR count). The highest BCUT2D eigenvalue weighted by Crippen LogP contribution is 2.38.